The Hall–Kier alpha value is -3.29. The quantitative estimate of drug-likeness (QED) is 0.134. The van der Waals surface area contributed by atoms with Crippen LogP contribution in [0, 0.1) is 6.92 Å². The van der Waals surface area contributed by atoms with Crippen LogP contribution in [0.5, 0.6) is 17.2 Å². The van der Waals surface area contributed by atoms with Gasteiger partial charge in [-0.1, -0.05) is 67.9 Å². The monoisotopic (exact) mass is 525 g/mol. The Balaban J connectivity index is 1.53. The molecule has 0 heterocycles. The van der Waals surface area contributed by atoms with E-state index in [-0.39, 0.29) is 0 Å². The van der Waals surface area contributed by atoms with E-state index in [0.717, 1.165) is 22.4 Å². The molecule has 8 heteroatoms. The van der Waals surface area contributed by atoms with Crippen LogP contribution in [0.1, 0.15) is 42.0 Å². The summed E-state index contributed by atoms with van der Waals surface area (Å²) in [5.41, 5.74) is 6.99. The second-order valence-electron chi connectivity index (χ2n) is 8.47. The first kappa shape index (κ1) is 27.3. The molecular formula is C28H32ClN3O3S. The van der Waals surface area contributed by atoms with E-state index in [4.69, 9.17) is 38.0 Å². The third-order valence-corrected chi connectivity index (χ3v) is 5.82. The topological polar surface area (TPSA) is 64.1 Å². The lowest BCUT2D eigenvalue weighted by Gasteiger charge is -2.16. The minimum absolute atomic E-state index is 0.317. The van der Waals surface area contributed by atoms with Crippen molar-refractivity contribution in [1.82, 2.24) is 10.7 Å². The molecule has 6 nitrogen and oxygen atoms in total. The lowest BCUT2D eigenvalue weighted by atomic mass is 10.0. The summed E-state index contributed by atoms with van der Waals surface area (Å²) in [7, 11) is 1.57. The second kappa shape index (κ2) is 13.7. The van der Waals surface area contributed by atoms with Crippen LogP contribution in [-0.2, 0) is 6.54 Å². The average molecular weight is 526 g/mol. The number of ether oxygens (including phenoxy) is 3. The SMILES string of the molecule is COc1cc(/C=N/NC(=S)NCc2ccccc2)cc(Cl)c1OCCOc1cc(C)ccc1C(C)C. The van der Waals surface area contributed by atoms with Crippen LogP contribution in [0.3, 0.4) is 0 Å². The van der Waals surface area contributed by atoms with Crippen molar-refractivity contribution in [2.75, 3.05) is 20.3 Å². The van der Waals surface area contributed by atoms with Crippen molar-refractivity contribution in [3.05, 3.63) is 87.9 Å². The molecule has 0 saturated heterocycles. The number of benzene rings is 3. The summed E-state index contributed by atoms with van der Waals surface area (Å²) in [5, 5.41) is 8.12. The number of aryl methyl sites for hydroxylation is 1. The standard InChI is InChI=1S/C28H32ClN3O3S/c1-19(2)23-11-10-20(3)14-25(23)34-12-13-35-27-24(29)15-22(16-26(27)33-4)18-31-32-28(36)30-17-21-8-6-5-7-9-21/h5-11,14-16,18-19H,12-13,17H2,1-4H3,(H2,30,32,36)/b31-18+. The molecule has 0 unspecified atom stereocenters. The highest BCUT2D eigenvalue weighted by Crippen LogP contribution is 2.36. The number of nitrogens with one attached hydrogen (secondary N) is 2. The van der Waals surface area contributed by atoms with Gasteiger partial charge in [0, 0.05) is 6.54 Å². The fourth-order valence-electron chi connectivity index (χ4n) is 3.48. The minimum atomic E-state index is 0.317. The van der Waals surface area contributed by atoms with Gasteiger partial charge in [-0.2, -0.15) is 5.10 Å². The summed E-state index contributed by atoms with van der Waals surface area (Å²) >= 11 is 11.8. The van der Waals surface area contributed by atoms with E-state index < -0.39 is 0 Å². The molecule has 36 heavy (non-hydrogen) atoms. The maximum Gasteiger partial charge on any atom is 0.187 e. The second-order valence-corrected chi connectivity index (χ2v) is 9.28. The van der Waals surface area contributed by atoms with E-state index in [0.29, 0.717) is 47.3 Å². The van der Waals surface area contributed by atoms with Gasteiger partial charge in [0.25, 0.3) is 0 Å². The number of hydrogen-bond acceptors (Lipinski definition) is 5. The predicted molar refractivity (Wildman–Crippen MR) is 151 cm³/mol. The van der Waals surface area contributed by atoms with Crippen molar-refractivity contribution in [1.29, 1.82) is 0 Å². The van der Waals surface area contributed by atoms with Crippen molar-refractivity contribution in [2.24, 2.45) is 5.10 Å². The van der Waals surface area contributed by atoms with E-state index >= 15 is 0 Å². The molecule has 0 aliphatic carbocycles. The zero-order chi connectivity index (χ0) is 25.9. The Bertz CT molecular complexity index is 1190. The lowest BCUT2D eigenvalue weighted by Crippen LogP contribution is -2.31. The van der Waals surface area contributed by atoms with Crippen molar-refractivity contribution in [2.45, 2.75) is 33.2 Å². The summed E-state index contributed by atoms with van der Waals surface area (Å²) in [4.78, 5) is 0. The van der Waals surface area contributed by atoms with Crippen molar-refractivity contribution < 1.29 is 14.2 Å². The zero-order valence-electron chi connectivity index (χ0n) is 21.0. The number of hydrazone groups is 1. The highest BCUT2D eigenvalue weighted by Gasteiger charge is 2.13. The summed E-state index contributed by atoms with van der Waals surface area (Å²) in [6.45, 7) is 7.65. The smallest absolute Gasteiger partial charge is 0.187 e. The number of rotatable bonds is 11. The molecule has 3 aromatic rings. The minimum Gasteiger partial charge on any atom is -0.493 e. The summed E-state index contributed by atoms with van der Waals surface area (Å²) < 4.78 is 17.4. The van der Waals surface area contributed by atoms with Gasteiger partial charge in [0.1, 0.15) is 19.0 Å². The molecule has 0 radical (unpaired) electrons. The number of methoxy groups -OCH3 is 1. The first-order chi connectivity index (χ1) is 17.4. The maximum absolute atomic E-state index is 6.49. The summed E-state index contributed by atoms with van der Waals surface area (Å²) in [6.07, 6.45) is 1.61. The molecule has 0 saturated carbocycles. The van der Waals surface area contributed by atoms with Crippen LogP contribution in [0.25, 0.3) is 0 Å². The molecule has 2 N–H and O–H groups in total. The first-order valence-electron chi connectivity index (χ1n) is 11.7. The molecule has 0 amide bonds. The maximum atomic E-state index is 6.49. The Morgan fingerprint density at radius 1 is 1.03 bits per heavy atom. The highest BCUT2D eigenvalue weighted by molar-refractivity contribution is 7.80. The van der Waals surface area contributed by atoms with Gasteiger partial charge in [-0.25, -0.2) is 0 Å². The van der Waals surface area contributed by atoms with Crippen LogP contribution >= 0.6 is 23.8 Å². The fraction of sp³-hybridized carbons (Fsp3) is 0.286. The predicted octanol–water partition coefficient (Wildman–Crippen LogP) is 6.24. The number of thiocarbonyl (C=S) groups is 1. The third kappa shape index (κ3) is 8.14. The molecular weight excluding hydrogens is 494 g/mol. The van der Waals surface area contributed by atoms with E-state index in [1.165, 1.54) is 5.56 Å². The van der Waals surface area contributed by atoms with Gasteiger partial charge in [0.05, 0.1) is 18.3 Å². The van der Waals surface area contributed by atoms with Gasteiger partial charge in [-0.05, 0) is 65.5 Å². The number of hydrogen-bond donors (Lipinski definition) is 2. The molecule has 0 spiro atoms. The van der Waals surface area contributed by atoms with Crippen LogP contribution in [0.2, 0.25) is 5.02 Å². The molecule has 190 valence electrons. The van der Waals surface area contributed by atoms with Crippen LogP contribution < -0.4 is 25.0 Å². The largest absolute Gasteiger partial charge is 0.493 e. The molecule has 3 aromatic carbocycles. The molecule has 0 aromatic heterocycles. The van der Waals surface area contributed by atoms with Gasteiger partial charge in [0.15, 0.2) is 16.6 Å². The summed E-state index contributed by atoms with van der Waals surface area (Å²) in [5.74, 6) is 2.21. The van der Waals surface area contributed by atoms with Crippen LogP contribution in [-0.4, -0.2) is 31.7 Å². The van der Waals surface area contributed by atoms with Gasteiger partial charge in [-0.15, -0.1) is 0 Å². The van der Waals surface area contributed by atoms with Gasteiger partial charge in [0.2, 0.25) is 0 Å². The van der Waals surface area contributed by atoms with Crippen LogP contribution in [0.15, 0.2) is 65.8 Å². The molecule has 3 rings (SSSR count). The average Bonchev–Trinajstić information content (AvgIpc) is 2.86. The van der Waals surface area contributed by atoms with E-state index in [2.05, 4.69) is 41.8 Å². The normalized spacial score (nSPS) is 10.9. The van der Waals surface area contributed by atoms with Crippen molar-refractivity contribution in [3.8, 4) is 17.2 Å². The van der Waals surface area contributed by atoms with Crippen molar-refractivity contribution in [3.63, 3.8) is 0 Å². The summed E-state index contributed by atoms with van der Waals surface area (Å²) in [6, 6.07) is 19.8. The number of nitrogens with zero attached hydrogens (tertiary/aromatic N) is 1. The van der Waals surface area contributed by atoms with Gasteiger partial charge >= 0.3 is 0 Å². The molecule has 0 aliphatic rings. The van der Waals surface area contributed by atoms with E-state index in [1.54, 1.807) is 25.5 Å². The first-order valence-corrected chi connectivity index (χ1v) is 12.5. The third-order valence-electron chi connectivity index (χ3n) is 5.31. The Morgan fingerprint density at radius 3 is 2.50 bits per heavy atom. The highest BCUT2D eigenvalue weighted by atomic mass is 35.5. The lowest BCUT2D eigenvalue weighted by molar-refractivity contribution is 0.210. The molecule has 0 aliphatic heterocycles. The zero-order valence-corrected chi connectivity index (χ0v) is 22.6. The Labute approximate surface area is 223 Å². The fourth-order valence-corrected chi connectivity index (χ4v) is 3.88. The van der Waals surface area contributed by atoms with Crippen molar-refractivity contribution >= 4 is 35.1 Å². The van der Waals surface area contributed by atoms with E-state index in [1.807, 2.05) is 43.3 Å². The molecule has 0 atom stereocenters. The van der Waals surface area contributed by atoms with Gasteiger partial charge in [-0.3, -0.25) is 5.43 Å². The number of halogens is 1. The van der Waals surface area contributed by atoms with Gasteiger partial charge < -0.3 is 19.5 Å². The molecule has 0 bridgehead atoms. The Kier molecular flexibility index (Phi) is 10.4. The van der Waals surface area contributed by atoms with E-state index in [9.17, 15) is 0 Å². The Morgan fingerprint density at radius 2 is 1.78 bits per heavy atom. The van der Waals surface area contributed by atoms with Crippen LogP contribution in [0.4, 0.5) is 0 Å². The molecule has 0 fully saturated rings.